The first kappa shape index (κ1) is 15.7. The monoisotopic (exact) mass is 258 g/mol. The molecule has 0 aliphatic carbocycles. The number of rotatable bonds is 7. The van der Waals surface area contributed by atoms with E-state index in [1.807, 2.05) is 0 Å². The summed E-state index contributed by atoms with van der Waals surface area (Å²) in [5, 5.41) is 9.13. The van der Waals surface area contributed by atoms with E-state index >= 15 is 0 Å². The molecule has 19 heavy (non-hydrogen) atoms. The molecule has 0 radical (unpaired) electrons. The van der Waals surface area contributed by atoms with Gasteiger partial charge < -0.3 is 4.90 Å². The van der Waals surface area contributed by atoms with E-state index in [4.69, 9.17) is 5.26 Å². The Morgan fingerprint density at radius 2 is 1.74 bits per heavy atom. The molecule has 0 saturated heterocycles. The van der Waals surface area contributed by atoms with Gasteiger partial charge in [-0.3, -0.25) is 0 Å². The summed E-state index contributed by atoms with van der Waals surface area (Å²) < 4.78 is 0. The molecule has 1 aromatic rings. The maximum absolute atomic E-state index is 9.13. The molecule has 0 heterocycles. The Balaban J connectivity index is 2.52. The molecule has 0 amide bonds. The van der Waals surface area contributed by atoms with Gasteiger partial charge in [-0.2, -0.15) is 5.26 Å². The van der Waals surface area contributed by atoms with E-state index in [9.17, 15) is 0 Å². The van der Waals surface area contributed by atoms with Crippen molar-refractivity contribution in [1.82, 2.24) is 4.90 Å². The number of hydrogen-bond acceptors (Lipinski definition) is 2. The molecule has 104 valence electrons. The van der Waals surface area contributed by atoms with Crippen LogP contribution < -0.4 is 0 Å². The van der Waals surface area contributed by atoms with Gasteiger partial charge in [0.1, 0.15) is 0 Å². The summed E-state index contributed by atoms with van der Waals surface area (Å²) in [6.45, 7) is 8.18. The average molecular weight is 258 g/mol. The molecule has 0 aliphatic heterocycles. The van der Waals surface area contributed by atoms with Gasteiger partial charge in [0.05, 0.1) is 12.0 Å². The van der Waals surface area contributed by atoms with E-state index in [0.29, 0.717) is 5.92 Å². The van der Waals surface area contributed by atoms with Crippen LogP contribution in [0.4, 0.5) is 0 Å². The second kappa shape index (κ2) is 7.96. The molecule has 2 nitrogen and oxygen atoms in total. The van der Waals surface area contributed by atoms with E-state index in [0.717, 1.165) is 19.5 Å². The third-order valence-electron chi connectivity index (χ3n) is 3.49. The zero-order chi connectivity index (χ0) is 14.3. The highest BCUT2D eigenvalue weighted by Gasteiger charge is 2.14. The summed E-state index contributed by atoms with van der Waals surface area (Å²) in [7, 11) is 2.09. The summed E-state index contributed by atoms with van der Waals surface area (Å²) in [4.78, 5) is 2.24. The lowest BCUT2D eigenvalue weighted by Crippen LogP contribution is -2.27. The first-order valence-electron chi connectivity index (χ1n) is 7.22. The third-order valence-corrected chi connectivity index (χ3v) is 3.49. The first-order valence-corrected chi connectivity index (χ1v) is 7.22. The van der Waals surface area contributed by atoms with Gasteiger partial charge in [0.2, 0.25) is 0 Å². The Hall–Kier alpha value is -1.33. The fraction of sp³-hybridized carbons (Fsp3) is 0.588. The minimum atomic E-state index is 0.115. The van der Waals surface area contributed by atoms with E-state index in [1.165, 1.54) is 17.5 Å². The van der Waals surface area contributed by atoms with Crippen LogP contribution in [0, 0.1) is 23.2 Å². The fourth-order valence-electron chi connectivity index (χ4n) is 2.21. The maximum Gasteiger partial charge on any atom is 0.0672 e. The van der Waals surface area contributed by atoms with E-state index in [-0.39, 0.29) is 5.92 Å². The van der Waals surface area contributed by atoms with Crippen molar-refractivity contribution in [3.05, 3.63) is 35.4 Å². The first-order chi connectivity index (χ1) is 9.06. The predicted octanol–water partition coefficient (Wildman–Crippen LogP) is 3.87. The summed E-state index contributed by atoms with van der Waals surface area (Å²) in [5.74, 6) is 0.531. The van der Waals surface area contributed by atoms with Crippen molar-refractivity contribution in [2.45, 2.75) is 40.2 Å². The Morgan fingerprint density at radius 3 is 2.21 bits per heavy atom. The lowest BCUT2D eigenvalue weighted by atomic mass is 9.97. The molecule has 2 heteroatoms. The van der Waals surface area contributed by atoms with E-state index < -0.39 is 0 Å². The molecule has 0 aromatic heterocycles. The summed E-state index contributed by atoms with van der Waals surface area (Å²) in [6, 6.07) is 11.3. The molecular formula is C17H26N2. The van der Waals surface area contributed by atoms with Crippen LogP contribution in [0.1, 0.15) is 38.3 Å². The molecule has 0 bridgehead atoms. The van der Waals surface area contributed by atoms with Crippen LogP contribution >= 0.6 is 0 Å². The zero-order valence-corrected chi connectivity index (χ0v) is 12.7. The maximum atomic E-state index is 9.13. The number of hydrogen-bond donors (Lipinski definition) is 0. The van der Waals surface area contributed by atoms with Crippen LogP contribution in [0.5, 0.6) is 0 Å². The summed E-state index contributed by atoms with van der Waals surface area (Å²) >= 11 is 0. The van der Waals surface area contributed by atoms with Gasteiger partial charge in [-0.05, 0) is 30.5 Å². The number of nitrogens with zero attached hydrogens (tertiary/aromatic N) is 2. The zero-order valence-electron chi connectivity index (χ0n) is 12.7. The molecule has 1 rings (SSSR count). The van der Waals surface area contributed by atoms with Crippen LogP contribution in [0.15, 0.2) is 24.3 Å². The normalized spacial score (nSPS) is 12.7. The highest BCUT2D eigenvalue weighted by Crippen LogP contribution is 2.13. The number of aryl methyl sites for hydroxylation is 1. The highest BCUT2D eigenvalue weighted by molar-refractivity contribution is 5.22. The second-order valence-electron chi connectivity index (χ2n) is 5.74. The van der Waals surface area contributed by atoms with Gasteiger partial charge in [-0.15, -0.1) is 0 Å². The largest absolute Gasteiger partial charge is 0.301 e. The van der Waals surface area contributed by atoms with Crippen molar-refractivity contribution in [3.63, 3.8) is 0 Å². The predicted molar refractivity (Wildman–Crippen MR) is 80.7 cm³/mol. The van der Waals surface area contributed by atoms with Crippen LogP contribution in [0.25, 0.3) is 0 Å². The molecule has 0 spiro atoms. The molecular weight excluding hydrogens is 232 g/mol. The van der Waals surface area contributed by atoms with Crippen LogP contribution in [-0.2, 0) is 13.0 Å². The lowest BCUT2D eigenvalue weighted by Gasteiger charge is -2.22. The Bertz CT molecular complexity index is 400. The van der Waals surface area contributed by atoms with Crippen LogP contribution in [0.2, 0.25) is 0 Å². The average Bonchev–Trinajstić information content (AvgIpc) is 2.38. The van der Waals surface area contributed by atoms with Gasteiger partial charge >= 0.3 is 0 Å². The topological polar surface area (TPSA) is 27.0 Å². The van der Waals surface area contributed by atoms with E-state index in [2.05, 4.69) is 63.1 Å². The van der Waals surface area contributed by atoms with Crippen LogP contribution in [-0.4, -0.2) is 18.5 Å². The van der Waals surface area contributed by atoms with Gasteiger partial charge in [-0.25, -0.2) is 0 Å². The van der Waals surface area contributed by atoms with Gasteiger partial charge in [-0.1, -0.05) is 51.5 Å². The minimum absolute atomic E-state index is 0.115. The Morgan fingerprint density at radius 1 is 1.16 bits per heavy atom. The molecule has 1 atom stereocenters. The smallest absolute Gasteiger partial charge is 0.0672 e. The Kier molecular flexibility index (Phi) is 6.59. The number of benzene rings is 1. The molecule has 0 aliphatic rings. The molecule has 1 aromatic carbocycles. The van der Waals surface area contributed by atoms with Crippen molar-refractivity contribution < 1.29 is 0 Å². The van der Waals surface area contributed by atoms with Crippen molar-refractivity contribution >= 4 is 0 Å². The second-order valence-corrected chi connectivity index (χ2v) is 5.74. The summed E-state index contributed by atoms with van der Waals surface area (Å²) in [5.41, 5.74) is 2.73. The van der Waals surface area contributed by atoms with Gasteiger partial charge in [0.25, 0.3) is 0 Å². The van der Waals surface area contributed by atoms with Crippen molar-refractivity contribution in [3.8, 4) is 6.07 Å². The van der Waals surface area contributed by atoms with Crippen molar-refractivity contribution in [2.24, 2.45) is 11.8 Å². The van der Waals surface area contributed by atoms with Crippen molar-refractivity contribution in [2.75, 3.05) is 13.6 Å². The Labute approximate surface area is 118 Å². The lowest BCUT2D eigenvalue weighted by molar-refractivity contribution is 0.265. The number of nitriles is 1. The molecule has 0 fully saturated rings. The highest BCUT2D eigenvalue weighted by atomic mass is 15.1. The quantitative estimate of drug-likeness (QED) is 0.742. The standard InChI is InChI=1S/C17H26N2/c1-5-6-15-7-9-16(10-8-15)12-19(4)13-17(11-18)14(2)3/h7-10,14,17H,5-6,12-13H2,1-4H3. The summed E-state index contributed by atoms with van der Waals surface area (Å²) in [6.07, 6.45) is 2.34. The van der Waals surface area contributed by atoms with Crippen LogP contribution in [0.3, 0.4) is 0 Å². The van der Waals surface area contributed by atoms with E-state index in [1.54, 1.807) is 0 Å². The molecule has 0 N–H and O–H groups in total. The third kappa shape index (κ3) is 5.44. The molecule has 1 unspecified atom stereocenters. The van der Waals surface area contributed by atoms with Gasteiger partial charge in [0.15, 0.2) is 0 Å². The van der Waals surface area contributed by atoms with Crippen molar-refractivity contribution in [1.29, 1.82) is 5.26 Å². The minimum Gasteiger partial charge on any atom is -0.301 e. The van der Waals surface area contributed by atoms with Gasteiger partial charge in [0, 0.05) is 13.1 Å². The molecule has 0 saturated carbocycles. The fourth-order valence-corrected chi connectivity index (χ4v) is 2.21. The SMILES string of the molecule is CCCc1ccc(CN(C)CC(C#N)C(C)C)cc1.